The highest BCUT2D eigenvalue weighted by atomic mass is 16.4. The zero-order chi connectivity index (χ0) is 9.84. The molecule has 0 unspecified atom stereocenters. The van der Waals surface area contributed by atoms with Gasteiger partial charge in [0.25, 0.3) is 0 Å². The quantitative estimate of drug-likeness (QED) is 0.661. The Labute approximate surface area is 76.7 Å². The summed E-state index contributed by atoms with van der Waals surface area (Å²) >= 11 is 0. The topological polar surface area (TPSA) is 69.6 Å². The van der Waals surface area contributed by atoms with Crippen LogP contribution >= 0.6 is 0 Å². The minimum Gasteiger partial charge on any atom is -0.481 e. The summed E-state index contributed by atoms with van der Waals surface area (Å²) in [6.07, 6.45) is 2.09. The zero-order valence-corrected chi connectivity index (χ0v) is 7.62. The molecule has 0 spiro atoms. The number of rotatable bonds is 4. The molecule has 1 saturated carbocycles. The van der Waals surface area contributed by atoms with Crippen LogP contribution in [0, 0.1) is 0 Å². The van der Waals surface area contributed by atoms with Gasteiger partial charge in [0.05, 0.1) is 6.42 Å². The predicted molar refractivity (Wildman–Crippen MR) is 46.4 cm³/mol. The van der Waals surface area contributed by atoms with Gasteiger partial charge in [-0.2, -0.15) is 0 Å². The van der Waals surface area contributed by atoms with Crippen LogP contribution in [0.4, 0.5) is 4.79 Å². The number of carbonyl (C=O) groups excluding carboxylic acids is 1. The van der Waals surface area contributed by atoms with Gasteiger partial charge in [-0.3, -0.25) is 4.79 Å². The van der Waals surface area contributed by atoms with Crippen molar-refractivity contribution in [3.8, 4) is 0 Å². The summed E-state index contributed by atoms with van der Waals surface area (Å²) in [7, 11) is 1.73. The third-order valence-corrected chi connectivity index (χ3v) is 2.03. The number of nitrogens with zero attached hydrogens (tertiary/aromatic N) is 1. The molecule has 1 fully saturated rings. The van der Waals surface area contributed by atoms with Crippen LogP contribution in [0.2, 0.25) is 0 Å². The van der Waals surface area contributed by atoms with Crippen molar-refractivity contribution in [3.05, 3.63) is 0 Å². The first kappa shape index (κ1) is 9.83. The van der Waals surface area contributed by atoms with Crippen LogP contribution in [0.3, 0.4) is 0 Å². The zero-order valence-electron chi connectivity index (χ0n) is 7.62. The van der Waals surface area contributed by atoms with Crippen LogP contribution in [-0.4, -0.2) is 41.6 Å². The minimum absolute atomic E-state index is 0.0236. The van der Waals surface area contributed by atoms with Gasteiger partial charge in [0.1, 0.15) is 0 Å². The Kier molecular flexibility index (Phi) is 3.11. The van der Waals surface area contributed by atoms with Gasteiger partial charge in [0, 0.05) is 19.6 Å². The van der Waals surface area contributed by atoms with Gasteiger partial charge in [0.2, 0.25) is 0 Å². The van der Waals surface area contributed by atoms with E-state index in [0.29, 0.717) is 6.04 Å². The number of carboxylic acid groups (broad SMARTS) is 1. The highest BCUT2D eigenvalue weighted by Crippen LogP contribution is 2.24. The molecule has 0 atom stereocenters. The molecule has 0 aromatic carbocycles. The van der Waals surface area contributed by atoms with E-state index >= 15 is 0 Å². The maximum absolute atomic E-state index is 11.2. The summed E-state index contributed by atoms with van der Waals surface area (Å²) in [6.45, 7) is 0.200. The van der Waals surface area contributed by atoms with Crippen molar-refractivity contribution in [2.75, 3.05) is 13.6 Å². The SMILES string of the molecule is CN(C(=O)NCCC(=O)O)C1CC1. The van der Waals surface area contributed by atoms with Gasteiger partial charge >= 0.3 is 12.0 Å². The van der Waals surface area contributed by atoms with E-state index < -0.39 is 5.97 Å². The third kappa shape index (κ3) is 3.31. The molecular formula is C8H14N2O3. The molecule has 0 saturated heterocycles. The summed E-state index contributed by atoms with van der Waals surface area (Å²) < 4.78 is 0. The standard InChI is InChI=1S/C8H14N2O3/c1-10(6-2-3-6)8(13)9-5-4-7(11)12/h6H,2-5H2,1H3,(H,9,13)(H,11,12). The van der Waals surface area contributed by atoms with E-state index in [4.69, 9.17) is 5.11 Å². The van der Waals surface area contributed by atoms with Crippen molar-refractivity contribution >= 4 is 12.0 Å². The molecule has 0 heterocycles. The van der Waals surface area contributed by atoms with E-state index in [1.165, 1.54) is 0 Å². The van der Waals surface area contributed by atoms with E-state index in [9.17, 15) is 9.59 Å². The summed E-state index contributed by atoms with van der Waals surface area (Å²) in [4.78, 5) is 23.0. The molecule has 0 aliphatic heterocycles. The lowest BCUT2D eigenvalue weighted by atomic mass is 10.4. The summed E-state index contributed by atoms with van der Waals surface area (Å²) in [5.74, 6) is -0.894. The maximum Gasteiger partial charge on any atom is 0.317 e. The highest BCUT2D eigenvalue weighted by molar-refractivity contribution is 5.75. The highest BCUT2D eigenvalue weighted by Gasteiger charge is 2.29. The summed E-state index contributed by atoms with van der Waals surface area (Å²) in [6, 6.07) is 0.188. The molecule has 2 amide bonds. The number of carboxylic acids is 1. The smallest absolute Gasteiger partial charge is 0.317 e. The van der Waals surface area contributed by atoms with Crippen molar-refractivity contribution in [2.45, 2.75) is 25.3 Å². The van der Waals surface area contributed by atoms with Crippen molar-refractivity contribution in [1.82, 2.24) is 10.2 Å². The van der Waals surface area contributed by atoms with E-state index in [-0.39, 0.29) is 19.0 Å². The van der Waals surface area contributed by atoms with Crippen molar-refractivity contribution in [1.29, 1.82) is 0 Å². The first-order valence-electron chi connectivity index (χ1n) is 4.33. The fourth-order valence-corrected chi connectivity index (χ4v) is 1.03. The molecule has 2 N–H and O–H groups in total. The Morgan fingerprint density at radius 3 is 2.62 bits per heavy atom. The fraction of sp³-hybridized carbons (Fsp3) is 0.750. The monoisotopic (exact) mass is 186 g/mol. The number of amides is 2. The Morgan fingerprint density at radius 2 is 2.15 bits per heavy atom. The van der Waals surface area contributed by atoms with E-state index in [1.54, 1.807) is 11.9 Å². The Hall–Kier alpha value is -1.26. The van der Waals surface area contributed by atoms with Crippen LogP contribution in [0.15, 0.2) is 0 Å². The summed E-state index contributed by atoms with van der Waals surface area (Å²) in [5.41, 5.74) is 0. The second kappa shape index (κ2) is 4.11. The maximum atomic E-state index is 11.2. The van der Waals surface area contributed by atoms with Gasteiger partial charge in [-0.1, -0.05) is 0 Å². The first-order chi connectivity index (χ1) is 6.11. The van der Waals surface area contributed by atoms with Crippen molar-refractivity contribution in [3.63, 3.8) is 0 Å². The number of hydrogen-bond acceptors (Lipinski definition) is 2. The van der Waals surface area contributed by atoms with Crippen molar-refractivity contribution < 1.29 is 14.7 Å². The minimum atomic E-state index is -0.894. The molecule has 13 heavy (non-hydrogen) atoms. The lowest BCUT2D eigenvalue weighted by Crippen LogP contribution is -2.39. The van der Waals surface area contributed by atoms with Gasteiger partial charge in [-0.05, 0) is 12.8 Å². The second-order valence-corrected chi connectivity index (χ2v) is 3.22. The van der Waals surface area contributed by atoms with Crippen LogP contribution in [0.5, 0.6) is 0 Å². The first-order valence-corrected chi connectivity index (χ1v) is 4.33. The number of nitrogens with one attached hydrogen (secondary N) is 1. The molecule has 5 nitrogen and oxygen atoms in total. The largest absolute Gasteiger partial charge is 0.481 e. The Bertz CT molecular complexity index is 213. The second-order valence-electron chi connectivity index (χ2n) is 3.22. The molecule has 5 heteroatoms. The molecule has 1 aliphatic rings. The molecule has 0 aromatic rings. The molecular weight excluding hydrogens is 172 g/mol. The number of urea groups is 1. The van der Waals surface area contributed by atoms with E-state index in [0.717, 1.165) is 12.8 Å². The Morgan fingerprint density at radius 1 is 1.54 bits per heavy atom. The molecule has 0 radical (unpaired) electrons. The number of hydrogen-bond donors (Lipinski definition) is 2. The molecule has 0 aromatic heterocycles. The van der Waals surface area contributed by atoms with E-state index in [2.05, 4.69) is 5.32 Å². The van der Waals surface area contributed by atoms with Crippen molar-refractivity contribution in [2.24, 2.45) is 0 Å². The van der Waals surface area contributed by atoms with Crippen LogP contribution in [-0.2, 0) is 4.79 Å². The van der Waals surface area contributed by atoms with Gasteiger partial charge in [-0.25, -0.2) is 4.79 Å². The molecule has 1 aliphatic carbocycles. The normalized spacial score (nSPS) is 15.2. The van der Waals surface area contributed by atoms with Crippen LogP contribution in [0.1, 0.15) is 19.3 Å². The lowest BCUT2D eigenvalue weighted by Gasteiger charge is -2.16. The van der Waals surface area contributed by atoms with Gasteiger partial charge in [0.15, 0.2) is 0 Å². The van der Waals surface area contributed by atoms with E-state index in [1.807, 2.05) is 0 Å². The summed E-state index contributed by atoms with van der Waals surface area (Å²) in [5, 5.41) is 10.9. The molecule has 0 bridgehead atoms. The fourth-order valence-electron chi connectivity index (χ4n) is 1.03. The number of carbonyl (C=O) groups is 2. The van der Waals surface area contributed by atoms with Gasteiger partial charge in [-0.15, -0.1) is 0 Å². The lowest BCUT2D eigenvalue weighted by molar-refractivity contribution is -0.136. The predicted octanol–water partition coefficient (Wildman–Crippen LogP) is 0.265. The molecule has 1 rings (SSSR count). The van der Waals surface area contributed by atoms with Gasteiger partial charge < -0.3 is 15.3 Å². The third-order valence-electron chi connectivity index (χ3n) is 2.03. The average Bonchev–Trinajstić information content (AvgIpc) is 2.84. The van der Waals surface area contributed by atoms with Crippen LogP contribution in [0.25, 0.3) is 0 Å². The average molecular weight is 186 g/mol. The number of aliphatic carboxylic acids is 1. The Balaban J connectivity index is 2.13. The molecule has 74 valence electrons. The van der Waals surface area contributed by atoms with Crippen LogP contribution < -0.4 is 5.32 Å².